The number of rotatable bonds is 7. The zero-order chi connectivity index (χ0) is 18.2. The predicted octanol–water partition coefficient (Wildman–Crippen LogP) is 2.82. The maximum Gasteiger partial charge on any atom is 0.231 e. The molecule has 3 rings (SSSR count). The molecule has 0 aliphatic carbocycles. The van der Waals surface area contributed by atoms with Gasteiger partial charge in [-0.25, -0.2) is 0 Å². The highest BCUT2D eigenvalue weighted by Crippen LogP contribution is 2.41. The zero-order valence-corrected chi connectivity index (χ0v) is 16.0. The van der Waals surface area contributed by atoms with Crippen LogP contribution in [0.1, 0.15) is 45.1 Å². The third-order valence-corrected chi connectivity index (χ3v) is 5.14. The normalized spacial score (nSPS) is 18.6. The standard InChI is InChI=1S/C20H31N3O3/c1-3-5-10-22-19(21-4-2)23-14-20(8-11-24-12-9-20)16-6-7-17-18(13-16)26-15-25-17/h6-7,13H,3-5,8-12,14-15H2,1-2H3,(H2,21,22,23). The van der Waals surface area contributed by atoms with Crippen LogP contribution in [-0.2, 0) is 10.2 Å². The summed E-state index contributed by atoms with van der Waals surface area (Å²) in [6.07, 6.45) is 4.24. The van der Waals surface area contributed by atoms with Gasteiger partial charge in [-0.15, -0.1) is 0 Å². The molecule has 144 valence electrons. The molecule has 2 aliphatic rings. The van der Waals surface area contributed by atoms with Gasteiger partial charge in [0.1, 0.15) is 0 Å². The third-order valence-electron chi connectivity index (χ3n) is 5.14. The summed E-state index contributed by atoms with van der Waals surface area (Å²) in [6.45, 7) is 8.67. The Morgan fingerprint density at radius 3 is 2.69 bits per heavy atom. The molecule has 1 saturated heterocycles. The summed E-state index contributed by atoms with van der Waals surface area (Å²) in [5.41, 5.74) is 1.24. The van der Waals surface area contributed by atoms with Crippen molar-refractivity contribution in [1.29, 1.82) is 0 Å². The van der Waals surface area contributed by atoms with Crippen molar-refractivity contribution in [3.63, 3.8) is 0 Å². The van der Waals surface area contributed by atoms with E-state index in [1.54, 1.807) is 0 Å². The van der Waals surface area contributed by atoms with Gasteiger partial charge in [-0.05, 0) is 43.9 Å². The lowest BCUT2D eigenvalue weighted by Crippen LogP contribution is -2.41. The lowest BCUT2D eigenvalue weighted by atomic mass is 9.74. The molecule has 0 amide bonds. The van der Waals surface area contributed by atoms with E-state index in [0.29, 0.717) is 6.79 Å². The summed E-state index contributed by atoms with van der Waals surface area (Å²) >= 11 is 0. The highest BCUT2D eigenvalue weighted by Gasteiger charge is 2.35. The second kappa shape index (κ2) is 9.12. The van der Waals surface area contributed by atoms with E-state index in [9.17, 15) is 0 Å². The SMILES string of the molecule is CCCCNC(=NCC1(c2ccc3c(c2)OCO3)CCOCC1)NCC. The monoisotopic (exact) mass is 361 g/mol. The Morgan fingerprint density at radius 2 is 1.92 bits per heavy atom. The number of nitrogens with zero attached hydrogens (tertiary/aromatic N) is 1. The van der Waals surface area contributed by atoms with Crippen molar-refractivity contribution in [2.45, 2.75) is 44.9 Å². The van der Waals surface area contributed by atoms with Crippen molar-refractivity contribution in [3.05, 3.63) is 23.8 Å². The number of ether oxygens (including phenoxy) is 3. The molecule has 2 heterocycles. The first-order valence-corrected chi connectivity index (χ1v) is 9.77. The Bertz CT molecular complexity index is 612. The number of aliphatic imine (C=N–C) groups is 1. The second-order valence-electron chi connectivity index (χ2n) is 6.94. The van der Waals surface area contributed by atoms with Gasteiger partial charge in [-0.3, -0.25) is 4.99 Å². The molecule has 26 heavy (non-hydrogen) atoms. The number of nitrogens with one attached hydrogen (secondary N) is 2. The van der Waals surface area contributed by atoms with Gasteiger partial charge in [0, 0.05) is 31.7 Å². The minimum Gasteiger partial charge on any atom is -0.454 e. The topological polar surface area (TPSA) is 64.1 Å². The lowest BCUT2D eigenvalue weighted by Gasteiger charge is -2.36. The van der Waals surface area contributed by atoms with Crippen LogP contribution in [0.25, 0.3) is 0 Å². The summed E-state index contributed by atoms with van der Waals surface area (Å²) in [6, 6.07) is 6.30. The molecule has 6 heteroatoms. The molecule has 1 aromatic rings. The second-order valence-corrected chi connectivity index (χ2v) is 6.94. The van der Waals surface area contributed by atoms with Gasteiger partial charge in [-0.1, -0.05) is 19.4 Å². The van der Waals surface area contributed by atoms with Gasteiger partial charge in [0.05, 0.1) is 6.54 Å². The molecule has 0 bridgehead atoms. The van der Waals surface area contributed by atoms with Crippen LogP contribution >= 0.6 is 0 Å². The largest absolute Gasteiger partial charge is 0.454 e. The number of guanidine groups is 1. The smallest absolute Gasteiger partial charge is 0.231 e. The first-order valence-electron chi connectivity index (χ1n) is 9.77. The average Bonchev–Trinajstić information content (AvgIpc) is 3.15. The molecular formula is C20H31N3O3. The van der Waals surface area contributed by atoms with Gasteiger partial charge >= 0.3 is 0 Å². The third kappa shape index (κ3) is 4.41. The van der Waals surface area contributed by atoms with Crippen LogP contribution in [0.3, 0.4) is 0 Å². The van der Waals surface area contributed by atoms with Crippen LogP contribution < -0.4 is 20.1 Å². The van der Waals surface area contributed by atoms with E-state index >= 15 is 0 Å². The van der Waals surface area contributed by atoms with Gasteiger partial charge in [0.15, 0.2) is 17.5 Å². The Balaban J connectivity index is 1.79. The Labute approximate surface area is 156 Å². The van der Waals surface area contributed by atoms with Crippen molar-refractivity contribution >= 4 is 5.96 Å². The molecule has 0 radical (unpaired) electrons. The maximum absolute atomic E-state index is 5.64. The number of fused-ring (bicyclic) bond motifs is 1. The Morgan fingerprint density at radius 1 is 1.12 bits per heavy atom. The molecule has 2 N–H and O–H groups in total. The van der Waals surface area contributed by atoms with Crippen molar-refractivity contribution in [2.24, 2.45) is 4.99 Å². The molecule has 0 unspecified atom stereocenters. The van der Waals surface area contributed by atoms with Crippen LogP contribution in [0.4, 0.5) is 0 Å². The Hall–Kier alpha value is -1.95. The van der Waals surface area contributed by atoms with E-state index < -0.39 is 0 Å². The average molecular weight is 361 g/mol. The van der Waals surface area contributed by atoms with E-state index in [1.165, 1.54) is 12.0 Å². The highest BCUT2D eigenvalue weighted by molar-refractivity contribution is 5.79. The summed E-state index contributed by atoms with van der Waals surface area (Å²) in [5.74, 6) is 2.56. The van der Waals surface area contributed by atoms with Crippen molar-refractivity contribution in [3.8, 4) is 11.5 Å². The molecule has 2 aliphatic heterocycles. The molecule has 0 saturated carbocycles. The Kier molecular flexibility index (Phi) is 6.61. The van der Waals surface area contributed by atoms with Gasteiger partial charge < -0.3 is 24.8 Å². The molecule has 1 aromatic carbocycles. The van der Waals surface area contributed by atoms with E-state index in [2.05, 4.69) is 36.6 Å². The molecular weight excluding hydrogens is 330 g/mol. The zero-order valence-electron chi connectivity index (χ0n) is 16.0. The van der Waals surface area contributed by atoms with Crippen molar-refractivity contribution in [2.75, 3.05) is 39.6 Å². The number of hydrogen-bond acceptors (Lipinski definition) is 4. The minimum atomic E-state index is -0.0215. The van der Waals surface area contributed by atoms with Crippen LogP contribution in [0, 0.1) is 0 Å². The quantitative estimate of drug-likeness (QED) is 0.444. The van der Waals surface area contributed by atoms with Crippen LogP contribution in [-0.4, -0.2) is 45.6 Å². The number of unbranched alkanes of at least 4 members (excludes halogenated alkanes) is 1. The summed E-state index contributed by atoms with van der Waals surface area (Å²) in [5, 5.41) is 6.79. The van der Waals surface area contributed by atoms with Crippen LogP contribution in [0.2, 0.25) is 0 Å². The summed E-state index contributed by atoms with van der Waals surface area (Å²) < 4.78 is 16.7. The maximum atomic E-state index is 5.64. The summed E-state index contributed by atoms with van der Waals surface area (Å²) in [7, 11) is 0. The van der Waals surface area contributed by atoms with E-state index in [4.69, 9.17) is 19.2 Å². The summed E-state index contributed by atoms with van der Waals surface area (Å²) in [4.78, 5) is 4.92. The first kappa shape index (κ1) is 18.8. The van der Waals surface area contributed by atoms with Crippen LogP contribution in [0.5, 0.6) is 11.5 Å². The van der Waals surface area contributed by atoms with Gasteiger partial charge in [0.2, 0.25) is 6.79 Å². The number of benzene rings is 1. The number of hydrogen-bond donors (Lipinski definition) is 2. The van der Waals surface area contributed by atoms with E-state index in [-0.39, 0.29) is 5.41 Å². The van der Waals surface area contributed by atoms with Gasteiger partial charge in [-0.2, -0.15) is 0 Å². The molecule has 6 nitrogen and oxygen atoms in total. The predicted molar refractivity (Wildman–Crippen MR) is 103 cm³/mol. The van der Waals surface area contributed by atoms with E-state index in [0.717, 1.165) is 69.6 Å². The highest BCUT2D eigenvalue weighted by atomic mass is 16.7. The fourth-order valence-corrected chi connectivity index (χ4v) is 3.48. The van der Waals surface area contributed by atoms with Crippen molar-refractivity contribution in [1.82, 2.24) is 10.6 Å². The molecule has 1 fully saturated rings. The van der Waals surface area contributed by atoms with Gasteiger partial charge in [0.25, 0.3) is 0 Å². The fourth-order valence-electron chi connectivity index (χ4n) is 3.48. The lowest BCUT2D eigenvalue weighted by molar-refractivity contribution is 0.0530. The van der Waals surface area contributed by atoms with Crippen LogP contribution in [0.15, 0.2) is 23.2 Å². The first-order chi connectivity index (χ1) is 12.8. The minimum absolute atomic E-state index is 0.0215. The van der Waals surface area contributed by atoms with Crippen molar-refractivity contribution < 1.29 is 14.2 Å². The molecule has 0 spiro atoms. The van der Waals surface area contributed by atoms with E-state index in [1.807, 2.05) is 6.07 Å². The molecule has 0 aromatic heterocycles. The molecule has 0 atom stereocenters. The fraction of sp³-hybridized carbons (Fsp3) is 0.650.